The minimum Gasteiger partial charge on any atom is -0.135 e. The van der Waals surface area contributed by atoms with E-state index in [1.165, 1.54) is 76.1 Å². The molecular formula is C41H30S. The summed E-state index contributed by atoms with van der Waals surface area (Å²) in [7, 11) is 0. The minimum absolute atomic E-state index is 0.0879. The third-order valence-electron chi connectivity index (χ3n) is 9.23. The molecule has 1 aliphatic carbocycles. The van der Waals surface area contributed by atoms with E-state index in [-0.39, 0.29) is 5.41 Å². The van der Waals surface area contributed by atoms with Crippen LogP contribution in [0.4, 0.5) is 0 Å². The molecule has 7 aromatic rings. The lowest BCUT2D eigenvalue weighted by Gasteiger charge is -2.24. The lowest BCUT2D eigenvalue weighted by Crippen LogP contribution is -2.15. The van der Waals surface area contributed by atoms with E-state index in [0.717, 1.165) is 10.4 Å². The normalized spacial score (nSPS) is 13.4. The lowest BCUT2D eigenvalue weighted by atomic mass is 9.79. The van der Waals surface area contributed by atoms with E-state index < -0.39 is 0 Å². The van der Waals surface area contributed by atoms with Gasteiger partial charge in [0.15, 0.2) is 0 Å². The fourth-order valence-corrected chi connectivity index (χ4v) is 8.39. The van der Waals surface area contributed by atoms with Crippen molar-refractivity contribution in [3.63, 3.8) is 0 Å². The zero-order valence-electron chi connectivity index (χ0n) is 23.9. The first-order valence-corrected chi connectivity index (χ1v) is 15.3. The number of fused-ring (bicyclic) bond motifs is 7. The van der Waals surface area contributed by atoms with Gasteiger partial charge in [0.25, 0.3) is 0 Å². The van der Waals surface area contributed by atoms with Gasteiger partial charge < -0.3 is 0 Å². The van der Waals surface area contributed by atoms with Gasteiger partial charge in [-0.05, 0) is 83.4 Å². The van der Waals surface area contributed by atoms with Crippen molar-refractivity contribution in [2.24, 2.45) is 0 Å². The van der Waals surface area contributed by atoms with Crippen LogP contribution in [-0.2, 0) is 5.41 Å². The van der Waals surface area contributed by atoms with E-state index in [1.807, 2.05) is 12.2 Å². The fourth-order valence-electron chi connectivity index (χ4n) is 7.30. The Balaban J connectivity index is 1.54. The molecule has 0 unspecified atom stereocenters. The molecule has 0 aliphatic heterocycles. The van der Waals surface area contributed by atoms with Crippen LogP contribution in [-0.4, -0.2) is 0 Å². The Morgan fingerprint density at radius 2 is 1.05 bits per heavy atom. The highest BCUT2D eigenvalue weighted by molar-refractivity contribution is 7.16. The van der Waals surface area contributed by atoms with Crippen molar-refractivity contribution < 1.29 is 0 Å². The third-order valence-corrected chi connectivity index (χ3v) is 10.4. The second kappa shape index (κ2) is 9.14. The van der Waals surface area contributed by atoms with Crippen LogP contribution in [0.25, 0.3) is 77.2 Å². The first kappa shape index (κ1) is 25.0. The van der Waals surface area contributed by atoms with E-state index in [1.54, 1.807) is 11.3 Å². The summed E-state index contributed by atoms with van der Waals surface area (Å²) in [4.78, 5) is 2.40. The predicted molar refractivity (Wildman–Crippen MR) is 185 cm³/mol. The average molecular weight is 555 g/mol. The maximum atomic E-state index is 4.07. The molecule has 0 N–H and O–H groups in total. The molecule has 1 aliphatic rings. The zero-order valence-corrected chi connectivity index (χ0v) is 24.7. The van der Waals surface area contributed by atoms with Crippen LogP contribution < -0.4 is 0 Å². The Bertz CT molecular complexity index is 2170. The molecule has 8 rings (SSSR count). The van der Waals surface area contributed by atoms with E-state index >= 15 is 0 Å². The van der Waals surface area contributed by atoms with Gasteiger partial charge in [0.05, 0.1) is 0 Å². The number of hydrogen-bond acceptors (Lipinski definition) is 1. The van der Waals surface area contributed by atoms with Crippen molar-refractivity contribution in [2.45, 2.75) is 19.3 Å². The molecule has 0 saturated heterocycles. The Hall–Kier alpha value is -4.72. The van der Waals surface area contributed by atoms with Crippen molar-refractivity contribution in [3.8, 4) is 32.7 Å². The maximum Gasteiger partial charge on any atom is 0.0367 e. The van der Waals surface area contributed by atoms with Crippen LogP contribution in [0, 0.1) is 0 Å². The summed E-state index contributed by atoms with van der Waals surface area (Å²) in [6.07, 6.45) is 3.88. The molecule has 0 amide bonds. The van der Waals surface area contributed by atoms with Crippen LogP contribution in [0.3, 0.4) is 0 Å². The summed E-state index contributed by atoms with van der Waals surface area (Å²) in [5.41, 5.74) is 10.5. The first-order chi connectivity index (χ1) is 20.5. The van der Waals surface area contributed by atoms with E-state index in [2.05, 4.69) is 136 Å². The summed E-state index contributed by atoms with van der Waals surface area (Å²) >= 11 is 1.79. The van der Waals surface area contributed by atoms with Gasteiger partial charge in [-0.2, -0.15) is 0 Å². The average Bonchev–Trinajstić information content (AvgIpc) is 3.55. The molecule has 200 valence electrons. The van der Waals surface area contributed by atoms with Gasteiger partial charge in [0.1, 0.15) is 0 Å². The molecule has 0 spiro atoms. The monoisotopic (exact) mass is 554 g/mol. The summed E-state index contributed by atoms with van der Waals surface area (Å²) in [6, 6.07) is 40.6. The van der Waals surface area contributed by atoms with Crippen LogP contribution in [0.1, 0.15) is 35.4 Å². The van der Waals surface area contributed by atoms with Gasteiger partial charge in [0.2, 0.25) is 0 Å². The smallest absolute Gasteiger partial charge is 0.0367 e. The maximum absolute atomic E-state index is 4.07. The topological polar surface area (TPSA) is 0 Å². The van der Waals surface area contributed by atoms with Crippen LogP contribution in [0.5, 0.6) is 0 Å². The Morgan fingerprint density at radius 1 is 0.524 bits per heavy atom. The Kier molecular flexibility index (Phi) is 5.45. The second-order valence-corrected chi connectivity index (χ2v) is 12.8. The highest BCUT2D eigenvalue weighted by Gasteiger charge is 2.37. The van der Waals surface area contributed by atoms with Gasteiger partial charge in [-0.3, -0.25) is 0 Å². The number of benzene rings is 6. The molecule has 0 saturated carbocycles. The lowest BCUT2D eigenvalue weighted by molar-refractivity contribution is 0.661. The molecule has 1 aromatic heterocycles. The standard InChI is InChI=1S/C41H30S/c1-5-25-23-37(42-36(25)6-2)40-30-19-11-9-17-28(30)38(29-18-10-12-20-31(29)40)33-24-35-39(27-16-8-7-15-26(27)33)32-21-13-14-22-34(32)41(35,3)4/h5-24H,1-2H2,3-4H3. The van der Waals surface area contributed by atoms with Gasteiger partial charge in [0, 0.05) is 20.7 Å². The van der Waals surface area contributed by atoms with E-state index in [0.29, 0.717) is 0 Å². The number of hydrogen-bond donors (Lipinski definition) is 0. The van der Waals surface area contributed by atoms with Gasteiger partial charge >= 0.3 is 0 Å². The Morgan fingerprint density at radius 3 is 1.62 bits per heavy atom. The summed E-state index contributed by atoms with van der Waals surface area (Å²) < 4.78 is 0. The first-order valence-electron chi connectivity index (χ1n) is 14.5. The fraction of sp³-hybridized carbons (Fsp3) is 0.0732. The molecular weight excluding hydrogens is 525 g/mol. The van der Waals surface area contributed by atoms with Gasteiger partial charge in [-0.15, -0.1) is 11.3 Å². The van der Waals surface area contributed by atoms with Crippen LogP contribution in [0.2, 0.25) is 0 Å². The highest BCUT2D eigenvalue weighted by atomic mass is 32.1. The number of thiophene rings is 1. The second-order valence-electron chi connectivity index (χ2n) is 11.7. The summed E-state index contributed by atoms with van der Waals surface area (Å²) in [5.74, 6) is 0. The van der Waals surface area contributed by atoms with E-state index in [9.17, 15) is 0 Å². The summed E-state index contributed by atoms with van der Waals surface area (Å²) in [5, 5.41) is 7.71. The van der Waals surface area contributed by atoms with E-state index in [4.69, 9.17) is 0 Å². The predicted octanol–water partition coefficient (Wildman–Crippen LogP) is 12.1. The van der Waals surface area contributed by atoms with Gasteiger partial charge in [-0.25, -0.2) is 0 Å². The van der Waals surface area contributed by atoms with Crippen molar-refractivity contribution in [1.82, 2.24) is 0 Å². The quantitative estimate of drug-likeness (QED) is 0.190. The molecule has 0 fully saturated rings. The molecule has 0 radical (unpaired) electrons. The van der Waals surface area contributed by atoms with Crippen molar-refractivity contribution in [3.05, 3.63) is 144 Å². The van der Waals surface area contributed by atoms with Crippen LogP contribution in [0.15, 0.2) is 122 Å². The molecule has 0 nitrogen and oxygen atoms in total. The number of rotatable bonds is 4. The summed E-state index contributed by atoms with van der Waals surface area (Å²) in [6.45, 7) is 12.9. The van der Waals surface area contributed by atoms with Crippen molar-refractivity contribution >= 4 is 55.8 Å². The molecule has 0 bridgehead atoms. The molecule has 1 heteroatoms. The van der Waals surface area contributed by atoms with Crippen LogP contribution >= 0.6 is 11.3 Å². The Labute approximate surface area is 250 Å². The molecule has 6 aromatic carbocycles. The van der Waals surface area contributed by atoms with Crippen molar-refractivity contribution in [1.29, 1.82) is 0 Å². The molecule has 0 atom stereocenters. The minimum atomic E-state index is -0.0879. The zero-order chi connectivity index (χ0) is 28.6. The van der Waals surface area contributed by atoms with Gasteiger partial charge in [-0.1, -0.05) is 136 Å². The molecule has 1 heterocycles. The molecule has 42 heavy (non-hydrogen) atoms. The third kappa shape index (κ3) is 3.35. The highest BCUT2D eigenvalue weighted by Crippen LogP contribution is 2.55. The largest absolute Gasteiger partial charge is 0.135 e. The SMILES string of the molecule is C=Cc1cc(-c2c3ccccc3c(-c3cc4c(c5ccccc35)-c3ccccc3C4(C)C)c3ccccc23)sc1C=C. The van der Waals surface area contributed by atoms with Crippen molar-refractivity contribution in [2.75, 3.05) is 0 Å².